The second-order valence-electron chi connectivity index (χ2n) is 6.34. The van der Waals surface area contributed by atoms with Crippen molar-refractivity contribution in [3.8, 4) is 11.4 Å². The Morgan fingerprint density at radius 1 is 1.07 bits per heavy atom. The van der Waals surface area contributed by atoms with E-state index in [0.717, 1.165) is 18.7 Å². The molecule has 0 spiro atoms. The van der Waals surface area contributed by atoms with Crippen molar-refractivity contribution in [2.75, 3.05) is 18.6 Å². The third kappa shape index (κ3) is 3.40. The minimum atomic E-state index is -0.354. The zero-order valence-corrected chi connectivity index (χ0v) is 16.2. The third-order valence-corrected chi connectivity index (χ3v) is 5.35. The minimum absolute atomic E-state index is 0.159. The summed E-state index contributed by atoms with van der Waals surface area (Å²) in [7, 11) is 1.65. The third-order valence-electron chi connectivity index (χ3n) is 4.74. The molecule has 7 heteroatoms. The van der Waals surface area contributed by atoms with Gasteiger partial charge in [0.05, 0.1) is 24.7 Å². The van der Waals surface area contributed by atoms with Crippen molar-refractivity contribution in [1.82, 2.24) is 9.78 Å². The first kappa shape index (κ1) is 17.9. The van der Waals surface area contributed by atoms with Gasteiger partial charge in [-0.1, -0.05) is 29.3 Å². The summed E-state index contributed by atoms with van der Waals surface area (Å²) in [5.41, 5.74) is 3.35. The van der Waals surface area contributed by atoms with Crippen molar-refractivity contribution in [3.63, 3.8) is 0 Å². The summed E-state index contributed by atoms with van der Waals surface area (Å²) in [5, 5.41) is 5.07. The number of anilines is 1. The minimum Gasteiger partial charge on any atom is -0.497 e. The van der Waals surface area contributed by atoms with Gasteiger partial charge in [-0.25, -0.2) is 0 Å². The van der Waals surface area contributed by atoms with Crippen LogP contribution in [0.15, 0.2) is 53.5 Å². The number of methoxy groups -OCH3 is 1. The van der Waals surface area contributed by atoms with Gasteiger partial charge in [-0.05, 0) is 53.9 Å². The van der Waals surface area contributed by atoms with Crippen molar-refractivity contribution in [3.05, 3.63) is 80.2 Å². The molecule has 0 fully saturated rings. The smallest absolute Gasteiger partial charge is 0.292 e. The second-order valence-corrected chi connectivity index (χ2v) is 7.16. The first-order valence-electron chi connectivity index (χ1n) is 8.51. The Morgan fingerprint density at radius 3 is 2.59 bits per heavy atom. The quantitative estimate of drug-likeness (QED) is 0.662. The number of benzene rings is 2. The van der Waals surface area contributed by atoms with E-state index in [1.54, 1.807) is 37.6 Å². The number of ether oxygens (including phenoxy) is 1. The summed E-state index contributed by atoms with van der Waals surface area (Å²) in [6, 6.07) is 13.0. The van der Waals surface area contributed by atoms with Crippen LogP contribution in [-0.4, -0.2) is 23.4 Å². The molecule has 3 aromatic rings. The number of aromatic nitrogens is 2. The van der Waals surface area contributed by atoms with Crippen LogP contribution in [0.2, 0.25) is 10.0 Å². The number of hydrogen-bond acceptors (Lipinski definition) is 4. The molecule has 1 aliphatic heterocycles. The summed E-state index contributed by atoms with van der Waals surface area (Å²) in [6.45, 7) is 1.42. The van der Waals surface area contributed by atoms with E-state index in [9.17, 15) is 4.79 Å². The van der Waals surface area contributed by atoms with Gasteiger partial charge in [0.15, 0.2) is 0 Å². The summed E-state index contributed by atoms with van der Waals surface area (Å²) < 4.78 is 6.60. The van der Waals surface area contributed by atoms with Gasteiger partial charge in [0.1, 0.15) is 10.8 Å². The molecule has 1 aromatic heterocycles. The molecule has 0 unspecified atom stereocenters. The molecule has 0 atom stereocenters. The van der Waals surface area contributed by atoms with Crippen LogP contribution in [0, 0.1) is 0 Å². The molecule has 2 heterocycles. The standard InChI is InChI=1S/C20H17Cl2N3O2/c1-27-17-7-2-13-8-9-24(12-14(13)10-17)18-11-23-25(20(26)19(18)22)16-5-3-15(21)4-6-16/h2-7,10-11H,8-9,12H2,1H3. The average molecular weight is 402 g/mol. The topological polar surface area (TPSA) is 47.4 Å². The highest BCUT2D eigenvalue weighted by Crippen LogP contribution is 2.30. The molecule has 0 amide bonds. The van der Waals surface area contributed by atoms with Crippen LogP contribution in [0.1, 0.15) is 11.1 Å². The van der Waals surface area contributed by atoms with Crippen LogP contribution < -0.4 is 15.2 Å². The molecule has 0 aliphatic carbocycles. The lowest BCUT2D eigenvalue weighted by Gasteiger charge is -2.31. The van der Waals surface area contributed by atoms with Gasteiger partial charge in [0.25, 0.3) is 5.56 Å². The van der Waals surface area contributed by atoms with Crippen LogP contribution in [0.4, 0.5) is 5.69 Å². The van der Waals surface area contributed by atoms with Gasteiger partial charge in [0, 0.05) is 18.1 Å². The fourth-order valence-corrected chi connectivity index (χ4v) is 3.65. The molecule has 0 saturated carbocycles. The van der Waals surface area contributed by atoms with Crippen molar-refractivity contribution >= 4 is 28.9 Å². The predicted molar refractivity (Wildman–Crippen MR) is 108 cm³/mol. The summed E-state index contributed by atoms with van der Waals surface area (Å²) in [4.78, 5) is 14.8. The van der Waals surface area contributed by atoms with Gasteiger partial charge in [0.2, 0.25) is 0 Å². The molecule has 2 aromatic carbocycles. The number of hydrogen-bond donors (Lipinski definition) is 0. The maximum atomic E-state index is 12.8. The molecule has 5 nitrogen and oxygen atoms in total. The Bertz CT molecular complexity index is 1050. The van der Waals surface area contributed by atoms with E-state index in [4.69, 9.17) is 27.9 Å². The molecule has 0 saturated heterocycles. The number of nitrogens with zero attached hydrogens (tertiary/aromatic N) is 3. The Kier molecular flexibility index (Phi) is 4.81. The fourth-order valence-electron chi connectivity index (χ4n) is 3.28. The maximum absolute atomic E-state index is 12.8. The van der Waals surface area contributed by atoms with Crippen molar-refractivity contribution in [1.29, 1.82) is 0 Å². The molecular formula is C20H17Cl2N3O2. The molecule has 0 bridgehead atoms. The van der Waals surface area contributed by atoms with E-state index >= 15 is 0 Å². The number of halogens is 2. The van der Waals surface area contributed by atoms with Crippen LogP contribution in [0.25, 0.3) is 5.69 Å². The van der Waals surface area contributed by atoms with E-state index in [2.05, 4.69) is 16.1 Å². The Balaban J connectivity index is 1.68. The van der Waals surface area contributed by atoms with Crippen molar-refractivity contribution < 1.29 is 4.74 Å². The summed E-state index contributed by atoms with van der Waals surface area (Å²) in [6.07, 6.45) is 2.51. The van der Waals surface area contributed by atoms with Gasteiger partial charge in [-0.2, -0.15) is 9.78 Å². The van der Waals surface area contributed by atoms with Gasteiger partial charge in [-0.3, -0.25) is 4.79 Å². The van der Waals surface area contributed by atoms with Gasteiger partial charge in [-0.15, -0.1) is 0 Å². The maximum Gasteiger partial charge on any atom is 0.292 e. The number of rotatable bonds is 3. The molecule has 27 heavy (non-hydrogen) atoms. The van der Waals surface area contributed by atoms with E-state index in [-0.39, 0.29) is 10.6 Å². The molecule has 4 rings (SSSR count). The molecular weight excluding hydrogens is 385 g/mol. The summed E-state index contributed by atoms with van der Waals surface area (Å²) >= 11 is 12.3. The Labute approximate surface area is 166 Å². The summed E-state index contributed by atoms with van der Waals surface area (Å²) in [5.74, 6) is 0.818. The second kappa shape index (κ2) is 7.25. The fraction of sp³-hybridized carbons (Fsp3) is 0.200. The SMILES string of the molecule is COc1ccc2c(c1)CN(c1cnn(-c3ccc(Cl)cc3)c(=O)c1Cl)CC2. The zero-order valence-electron chi connectivity index (χ0n) is 14.7. The van der Waals surface area contributed by atoms with Crippen LogP contribution >= 0.6 is 23.2 Å². The van der Waals surface area contributed by atoms with E-state index in [1.807, 2.05) is 12.1 Å². The first-order valence-corrected chi connectivity index (χ1v) is 9.27. The van der Waals surface area contributed by atoms with E-state index < -0.39 is 0 Å². The first-order chi connectivity index (χ1) is 13.1. The van der Waals surface area contributed by atoms with Gasteiger partial charge < -0.3 is 9.64 Å². The van der Waals surface area contributed by atoms with Crippen LogP contribution in [0.5, 0.6) is 5.75 Å². The molecule has 1 aliphatic rings. The molecule has 0 N–H and O–H groups in total. The zero-order chi connectivity index (χ0) is 19.0. The predicted octanol–water partition coefficient (Wildman–Crippen LogP) is 4.11. The monoisotopic (exact) mass is 401 g/mol. The largest absolute Gasteiger partial charge is 0.497 e. The van der Waals surface area contributed by atoms with Crippen LogP contribution in [0.3, 0.4) is 0 Å². The lowest BCUT2D eigenvalue weighted by Crippen LogP contribution is -2.33. The molecule has 0 radical (unpaired) electrons. The Hall–Kier alpha value is -2.50. The van der Waals surface area contributed by atoms with Gasteiger partial charge >= 0.3 is 0 Å². The lowest BCUT2D eigenvalue weighted by molar-refractivity contribution is 0.413. The van der Waals surface area contributed by atoms with Crippen molar-refractivity contribution in [2.24, 2.45) is 0 Å². The normalized spacial score (nSPS) is 13.4. The highest BCUT2D eigenvalue weighted by Gasteiger charge is 2.21. The van der Waals surface area contributed by atoms with E-state index in [0.29, 0.717) is 22.9 Å². The van der Waals surface area contributed by atoms with Crippen LogP contribution in [-0.2, 0) is 13.0 Å². The molecule has 138 valence electrons. The average Bonchev–Trinajstić information content (AvgIpc) is 2.70. The van der Waals surface area contributed by atoms with E-state index in [1.165, 1.54) is 15.8 Å². The highest BCUT2D eigenvalue weighted by molar-refractivity contribution is 6.33. The Morgan fingerprint density at radius 2 is 1.85 bits per heavy atom. The lowest BCUT2D eigenvalue weighted by atomic mass is 9.99. The number of fused-ring (bicyclic) bond motifs is 1. The van der Waals surface area contributed by atoms with Crippen molar-refractivity contribution in [2.45, 2.75) is 13.0 Å². The highest BCUT2D eigenvalue weighted by atomic mass is 35.5.